The van der Waals surface area contributed by atoms with E-state index in [1.165, 1.54) is 18.0 Å². The molecule has 0 spiro atoms. The monoisotopic (exact) mass is 454 g/mol. The van der Waals surface area contributed by atoms with Crippen molar-refractivity contribution in [3.63, 3.8) is 0 Å². The van der Waals surface area contributed by atoms with Crippen molar-refractivity contribution in [2.75, 3.05) is 19.5 Å². The zero-order valence-electron chi connectivity index (χ0n) is 17.3. The number of methoxy groups -OCH3 is 2. The van der Waals surface area contributed by atoms with E-state index in [-0.39, 0.29) is 35.5 Å². The minimum atomic E-state index is -0.374. The Morgan fingerprint density at radius 2 is 2.00 bits per heavy atom. The highest BCUT2D eigenvalue weighted by atomic mass is 35.5. The molecule has 1 N–H and O–H groups in total. The molecule has 0 unspecified atom stereocenters. The van der Waals surface area contributed by atoms with Crippen LogP contribution < -0.4 is 20.3 Å². The highest BCUT2D eigenvalue weighted by molar-refractivity contribution is 6.33. The number of aryl methyl sites for hydroxylation is 1. The van der Waals surface area contributed by atoms with Gasteiger partial charge in [0.05, 0.1) is 24.9 Å². The molecule has 9 nitrogen and oxygen atoms in total. The number of carbonyl (C=O) groups excluding carboxylic acids is 1. The molecule has 0 aliphatic heterocycles. The fourth-order valence-electron chi connectivity index (χ4n) is 3.21. The van der Waals surface area contributed by atoms with Gasteiger partial charge in [-0.05, 0) is 18.2 Å². The summed E-state index contributed by atoms with van der Waals surface area (Å²) in [5, 5.41) is 7.39. The van der Waals surface area contributed by atoms with Crippen molar-refractivity contribution < 1.29 is 18.8 Å². The summed E-state index contributed by atoms with van der Waals surface area (Å²) in [6.07, 6.45) is 1.36. The number of benzene rings is 2. The van der Waals surface area contributed by atoms with Gasteiger partial charge in [-0.25, -0.2) is 4.98 Å². The Hall–Kier alpha value is -3.85. The van der Waals surface area contributed by atoms with Crippen LogP contribution in [0.4, 0.5) is 5.69 Å². The first-order chi connectivity index (χ1) is 15.5. The summed E-state index contributed by atoms with van der Waals surface area (Å²) in [7, 11) is 3.04. The van der Waals surface area contributed by atoms with Gasteiger partial charge in [0.1, 0.15) is 28.9 Å². The predicted octanol–water partition coefficient (Wildman–Crippen LogP) is 3.75. The van der Waals surface area contributed by atoms with Gasteiger partial charge in [0.15, 0.2) is 0 Å². The molecule has 0 radical (unpaired) electrons. The van der Waals surface area contributed by atoms with E-state index < -0.39 is 0 Å². The van der Waals surface area contributed by atoms with Crippen molar-refractivity contribution >= 4 is 34.3 Å². The summed E-state index contributed by atoms with van der Waals surface area (Å²) < 4.78 is 17.0. The molecule has 0 fully saturated rings. The number of fused-ring (bicyclic) bond motifs is 1. The summed E-state index contributed by atoms with van der Waals surface area (Å²) >= 11 is 6.25. The highest BCUT2D eigenvalue weighted by Crippen LogP contribution is 2.31. The van der Waals surface area contributed by atoms with Crippen LogP contribution in [-0.4, -0.2) is 34.8 Å². The molecule has 2 aromatic carbocycles. The van der Waals surface area contributed by atoms with Gasteiger partial charge >= 0.3 is 0 Å². The van der Waals surface area contributed by atoms with Crippen LogP contribution >= 0.6 is 11.6 Å². The molecule has 4 aromatic rings. The van der Waals surface area contributed by atoms with E-state index in [4.69, 9.17) is 25.6 Å². The van der Waals surface area contributed by atoms with Crippen molar-refractivity contribution in [2.24, 2.45) is 0 Å². The Bertz CT molecular complexity index is 1350. The van der Waals surface area contributed by atoms with Crippen molar-refractivity contribution in [3.8, 4) is 22.8 Å². The van der Waals surface area contributed by atoms with Gasteiger partial charge in [0.25, 0.3) is 11.3 Å². The molecule has 32 heavy (non-hydrogen) atoms. The summed E-state index contributed by atoms with van der Waals surface area (Å²) in [6, 6.07) is 12.1. The standard InChI is InChI=1S/C22H19ClN4O5/c1-30-13-7-8-16(17(11-13)31-2)25-18(28)9-10-27-12-24-21-19(22(27)29)20(26-32-21)14-5-3-4-6-15(14)23/h3-8,11-12H,9-10H2,1-2H3,(H,25,28). The first kappa shape index (κ1) is 21.4. The molecule has 0 bridgehead atoms. The topological polar surface area (TPSA) is 108 Å². The van der Waals surface area contributed by atoms with Crippen molar-refractivity contribution in [1.29, 1.82) is 0 Å². The van der Waals surface area contributed by atoms with Crippen LogP contribution in [0.15, 0.2) is 58.1 Å². The Kier molecular flexibility index (Phi) is 6.09. The molecule has 4 rings (SSSR count). The van der Waals surface area contributed by atoms with Gasteiger partial charge in [0, 0.05) is 24.6 Å². The van der Waals surface area contributed by atoms with Gasteiger partial charge in [-0.3, -0.25) is 14.2 Å². The van der Waals surface area contributed by atoms with E-state index in [1.54, 1.807) is 49.6 Å². The first-order valence-corrected chi connectivity index (χ1v) is 10.0. The number of aromatic nitrogens is 3. The van der Waals surface area contributed by atoms with E-state index in [2.05, 4.69) is 15.5 Å². The van der Waals surface area contributed by atoms with E-state index in [0.29, 0.717) is 33.5 Å². The number of carbonyl (C=O) groups is 1. The van der Waals surface area contributed by atoms with Crippen LogP contribution in [0.3, 0.4) is 0 Å². The Balaban J connectivity index is 1.55. The second kappa shape index (κ2) is 9.11. The largest absolute Gasteiger partial charge is 0.497 e. The number of nitrogens with zero attached hydrogens (tertiary/aromatic N) is 3. The van der Waals surface area contributed by atoms with Crippen molar-refractivity contribution in [1.82, 2.24) is 14.7 Å². The number of rotatable bonds is 7. The minimum absolute atomic E-state index is 0.0367. The minimum Gasteiger partial charge on any atom is -0.497 e. The number of anilines is 1. The van der Waals surface area contributed by atoms with Crippen molar-refractivity contribution in [2.45, 2.75) is 13.0 Å². The van der Waals surface area contributed by atoms with Crippen LogP contribution in [0, 0.1) is 0 Å². The summed E-state index contributed by atoms with van der Waals surface area (Å²) in [4.78, 5) is 29.7. The maximum absolute atomic E-state index is 13.1. The third-order valence-electron chi connectivity index (χ3n) is 4.85. The number of amides is 1. The molecule has 0 aliphatic carbocycles. The van der Waals surface area contributed by atoms with Crippen LogP contribution in [0.2, 0.25) is 5.02 Å². The fourth-order valence-corrected chi connectivity index (χ4v) is 3.44. The third kappa shape index (κ3) is 4.15. The molecule has 0 aliphatic rings. The maximum atomic E-state index is 13.1. The number of hydrogen-bond acceptors (Lipinski definition) is 7. The van der Waals surface area contributed by atoms with E-state index in [0.717, 1.165) is 0 Å². The van der Waals surface area contributed by atoms with Crippen LogP contribution in [0.5, 0.6) is 11.5 Å². The Morgan fingerprint density at radius 1 is 1.19 bits per heavy atom. The molecular weight excluding hydrogens is 436 g/mol. The van der Waals surface area contributed by atoms with Crippen molar-refractivity contribution in [3.05, 3.63) is 64.2 Å². The molecule has 0 saturated carbocycles. The Morgan fingerprint density at radius 3 is 2.75 bits per heavy atom. The second-order valence-electron chi connectivity index (χ2n) is 6.80. The van der Waals surface area contributed by atoms with Gasteiger partial charge in [-0.2, -0.15) is 0 Å². The van der Waals surface area contributed by atoms with Gasteiger partial charge in [-0.1, -0.05) is 35.0 Å². The van der Waals surface area contributed by atoms with E-state index >= 15 is 0 Å². The fraction of sp³-hybridized carbons (Fsp3) is 0.182. The smallest absolute Gasteiger partial charge is 0.266 e. The lowest BCUT2D eigenvalue weighted by Gasteiger charge is -2.12. The second-order valence-corrected chi connectivity index (χ2v) is 7.21. The predicted molar refractivity (Wildman–Crippen MR) is 119 cm³/mol. The summed E-state index contributed by atoms with van der Waals surface area (Å²) in [5.41, 5.74) is 1.10. The maximum Gasteiger partial charge on any atom is 0.266 e. The summed E-state index contributed by atoms with van der Waals surface area (Å²) in [5.74, 6) is 0.776. The van der Waals surface area contributed by atoms with E-state index in [9.17, 15) is 9.59 Å². The number of nitrogens with one attached hydrogen (secondary N) is 1. The first-order valence-electron chi connectivity index (χ1n) is 9.63. The van der Waals surface area contributed by atoms with Crippen LogP contribution in [0.1, 0.15) is 6.42 Å². The SMILES string of the molecule is COc1ccc(NC(=O)CCn2cnc3onc(-c4ccccc4Cl)c3c2=O)c(OC)c1. The normalized spacial score (nSPS) is 10.8. The molecule has 164 valence electrons. The molecular formula is C22H19ClN4O5. The molecule has 10 heteroatoms. The van der Waals surface area contributed by atoms with Gasteiger partial charge in [-0.15, -0.1) is 0 Å². The third-order valence-corrected chi connectivity index (χ3v) is 5.18. The lowest BCUT2D eigenvalue weighted by Crippen LogP contribution is -2.23. The average Bonchev–Trinajstić information content (AvgIpc) is 3.24. The average molecular weight is 455 g/mol. The van der Waals surface area contributed by atoms with Crippen LogP contribution in [0.25, 0.3) is 22.4 Å². The number of ether oxygens (including phenoxy) is 2. The zero-order valence-corrected chi connectivity index (χ0v) is 18.0. The van der Waals surface area contributed by atoms with Gasteiger partial charge in [0.2, 0.25) is 5.91 Å². The van der Waals surface area contributed by atoms with Crippen LogP contribution in [-0.2, 0) is 11.3 Å². The molecule has 1 amide bonds. The molecule has 0 atom stereocenters. The lowest BCUT2D eigenvalue weighted by atomic mass is 10.1. The van der Waals surface area contributed by atoms with Gasteiger partial charge < -0.3 is 19.3 Å². The summed E-state index contributed by atoms with van der Waals surface area (Å²) in [6.45, 7) is 0.110. The zero-order chi connectivity index (χ0) is 22.7. The lowest BCUT2D eigenvalue weighted by molar-refractivity contribution is -0.116. The number of hydrogen-bond donors (Lipinski definition) is 1. The quantitative estimate of drug-likeness (QED) is 0.453. The molecule has 2 aromatic heterocycles. The molecule has 0 saturated heterocycles. The molecule has 2 heterocycles. The highest BCUT2D eigenvalue weighted by Gasteiger charge is 2.19. The number of halogens is 1. The Labute approximate surface area is 187 Å². The van der Waals surface area contributed by atoms with E-state index in [1.807, 2.05) is 0 Å².